The number of hydrogen-bond donors (Lipinski definition) is 0. The summed E-state index contributed by atoms with van der Waals surface area (Å²) in [4.78, 5) is 21.9. The minimum atomic E-state index is -6.49. The van der Waals surface area contributed by atoms with Crippen molar-refractivity contribution in [3.05, 3.63) is 0 Å². The Morgan fingerprint density at radius 2 is 1.45 bits per heavy atom. The summed E-state index contributed by atoms with van der Waals surface area (Å²) in [6, 6.07) is 0. The zero-order valence-corrected chi connectivity index (χ0v) is 11.5. The summed E-state index contributed by atoms with van der Waals surface area (Å²) in [5.41, 5.74) is 0. The van der Waals surface area contributed by atoms with Crippen molar-refractivity contribution in [1.29, 1.82) is 0 Å². The minimum Gasteiger partial charge on any atom is -0.465 e. The Morgan fingerprint density at radius 1 is 0.955 bits per heavy atom. The second-order valence-corrected chi connectivity index (χ2v) is 4.51. The van der Waals surface area contributed by atoms with Crippen molar-refractivity contribution in [2.45, 2.75) is 38.3 Å². The van der Waals surface area contributed by atoms with Gasteiger partial charge < -0.3 is 9.47 Å². The maximum atomic E-state index is 12.8. The van der Waals surface area contributed by atoms with Crippen molar-refractivity contribution in [3.63, 3.8) is 0 Å². The van der Waals surface area contributed by atoms with Crippen LogP contribution in [0.3, 0.4) is 0 Å². The number of alkyl halides is 7. The second kappa shape index (κ2) is 7.14. The highest BCUT2D eigenvalue weighted by atomic mass is 19.4. The predicted octanol–water partition coefficient (Wildman–Crippen LogP) is 2.95. The molecule has 0 aromatic rings. The molecule has 0 saturated heterocycles. The number of carbonyl (C=O) groups is 2. The third-order valence-corrected chi connectivity index (χ3v) is 2.25. The Labute approximate surface area is 120 Å². The van der Waals surface area contributed by atoms with Crippen LogP contribution in [0.1, 0.15) is 20.3 Å². The lowest BCUT2D eigenvalue weighted by Gasteiger charge is -2.27. The van der Waals surface area contributed by atoms with Gasteiger partial charge in [-0.1, -0.05) is 13.8 Å². The first kappa shape index (κ1) is 20.5. The number of rotatable bonds is 7. The molecule has 4 nitrogen and oxygen atoms in total. The van der Waals surface area contributed by atoms with Crippen LogP contribution in [0.4, 0.5) is 30.7 Å². The summed E-state index contributed by atoms with van der Waals surface area (Å²) in [7, 11) is 0. The number of ether oxygens (including phenoxy) is 2. The molecule has 0 aromatic heterocycles. The molecule has 0 unspecified atom stereocenters. The van der Waals surface area contributed by atoms with Crippen LogP contribution in [0.2, 0.25) is 0 Å². The number of halogens is 7. The van der Waals surface area contributed by atoms with Gasteiger partial charge in [0.2, 0.25) is 0 Å². The lowest BCUT2D eigenvalue weighted by Crippen LogP contribution is -2.54. The predicted molar refractivity (Wildman–Crippen MR) is 57.3 cm³/mol. The Morgan fingerprint density at radius 3 is 1.86 bits per heavy atom. The van der Waals surface area contributed by atoms with E-state index >= 15 is 0 Å². The quantitative estimate of drug-likeness (QED) is 0.527. The van der Waals surface area contributed by atoms with E-state index in [-0.39, 0.29) is 0 Å². The van der Waals surface area contributed by atoms with Gasteiger partial charge in [0.15, 0.2) is 6.61 Å². The standard InChI is InChI=1S/C11H13F7O4/c1-6(2)8(20)21-4-3-7(19)22-5-9(12,13)10(14,15)11(16,17)18/h6H,3-5H2,1-2H3. The molecule has 0 N–H and O–H groups in total. The molecular formula is C11H13F7O4. The molecule has 0 saturated carbocycles. The Bertz CT molecular complexity index is 404. The van der Waals surface area contributed by atoms with Gasteiger partial charge in [-0.2, -0.15) is 30.7 Å². The third kappa shape index (κ3) is 5.34. The van der Waals surface area contributed by atoms with Gasteiger partial charge in [-0.25, -0.2) is 0 Å². The van der Waals surface area contributed by atoms with Crippen LogP contribution in [0.15, 0.2) is 0 Å². The van der Waals surface area contributed by atoms with Gasteiger partial charge in [0.05, 0.1) is 12.3 Å². The molecule has 0 atom stereocenters. The average Bonchev–Trinajstić information content (AvgIpc) is 2.34. The van der Waals surface area contributed by atoms with Crippen LogP contribution in [0.5, 0.6) is 0 Å². The van der Waals surface area contributed by atoms with E-state index in [0.717, 1.165) is 0 Å². The van der Waals surface area contributed by atoms with E-state index in [2.05, 4.69) is 9.47 Å². The van der Waals surface area contributed by atoms with Crippen LogP contribution in [-0.2, 0) is 19.1 Å². The van der Waals surface area contributed by atoms with Gasteiger partial charge in [0.25, 0.3) is 0 Å². The van der Waals surface area contributed by atoms with Crippen LogP contribution in [0.25, 0.3) is 0 Å². The van der Waals surface area contributed by atoms with E-state index in [1.54, 1.807) is 0 Å². The molecule has 0 aliphatic rings. The summed E-state index contributed by atoms with van der Waals surface area (Å²) in [6.07, 6.45) is -7.25. The van der Waals surface area contributed by atoms with Gasteiger partial charge in [-0.15, -0.1) is 0 Å². The molecule has 0 aliphatic carbocycles. The molecule has 0 fully saturated rings. The van der Waals surface area contributed by atoms with E-state index in [0.29, 0.717) is 0 Å². The lowest BCUT2D eigenvalue weighted by atomic mass is 10.2. The van der Waals surface area contributed by atoms with E-state index in [4.69, 9.17) is 0 Å². The fourth-order valence-electron chi connectivity index (χ4n) is 0.943. The topological polar surface area (TPSA) is 52.6 Å². The molecule has 22 heavy (non-hydrogen) atoms. The summed E-state index contributed by atoms with van der Waals surface area (Å²) >= 11 is 0. The first-order valence-corrected chi connectivity index (χ1v) is 5.87. The van der Waals surface area contributed by atoms with Crippen molar-refractivity contribution in [3.8, 4) is 0 Å². The maximum Gasteiger partial charge on any atom is 0.460 e. The summed E-state index contributed by atoms with van der Waals surface area (Å²) < 4.78 is 94.0. The highest BCUT2D eigenvalue weighted by Crippen LogP contribution is 2.46. The largest absolute Gasteiger partial charge is 0.465 e. The van der Waals surface area contributed by atoms with Crippen molar-refractivity contribution in [1.82, 2.24) is 0 Å². The molecule has 0 aromatic carbocycles. The zero-order valence-electron chi connectivity index (χ0n) is 11.5. The average molecular weight is 342 g/mol. The highest BCUT2D eigenvalue weighted by Gasteiger charge is 2.73. The first-order chi connectivity index (χ1) is 9.72. The molecule has 130 valence electrons. The van der Waals surface area contributed by atoms with E-state index < -0.39 is 55.5 Å². The number of carbonyl (C=O) groups excluding carboxylic acids is 2. The lowest BCUT2D eigenvalue weighted by molar-refractivity contribution is -0.359. The molecule has 0 spiro atoms. The minimum absolute atomic E-state index is 0.522. The van der Waals surface area contributed by atoms with Gasteiger partial charge in [-0.05, 0) is 0 Å². The van der Waals surface area contributed by atoms with Gasteiger partial charge in [-0.3, -0.25) is 9.59 Å². The van der Waals surface area contributed by atoms with Crippen LogP contribution < -0.4 is 0 Å². The Kier molecular flexibility index (Phi) is 6.64. The monoisotopic (exact) mass is 342 g/mol. The molecule has 0 heterocycles. The number of esters is 2. The van der Waals surface area contributed by atoms with E-state index in [1.807, 2.05) is 0 Å². The molecule has 0 aliphatic heterocycles. The fourth-order valence-corrected chi connectivity index (χ4v) is 0.943. The summed E-state index contributed by atoms with van der Waals surface area (Å²) in [5, 5.41) is 0. The molecule has 0 bridgehead atoms. The molecular weight excluding hydrogens is 329 g/mol. The highest BCUT2D eigenvalue weighted by molar-refractivity contribution is 5.73. The van der Waals surface area contributed by atoms with Crippen LogP contribution in [-0.4, -0.2) is 43.2 Å². The van der Waals surface area contributed by atoms with Crippen molar-refractivity contribution >= 4 is 11.9 Å². The molecule has 0 amide bonds. The van der Waals surface area contributed by atoms with Crippen molar-refractivity contribution in [2.75, 3.05) is 13.2 Å². The van der Waals surface area contributed by atoms with Gasteiger partial charge in [0.1, 0.15) is 6.61 Å². The summed E-state index contributed by atoms with van der Waals surface area (Å²) in [5.74, 6) is -14.7. The summed E-state index contributed by atoms with van der Waals surface area (Å²) in [6.45, 7) is -0.0750. The smallest absolute Gasteiger partial charge is 0.460 e. The second-order valence-electron chi connectivity index (χ2n) is 4.51. The molecule has 11 heteroatoms. The van der Waals surface area contributed by atoms with E-state index in [1.165, 1.54) is 13.8 Å². The van der Waals surface area contributed by atoms with E-state index in [9.17, 15) is 40.3 Å². The van der Waals surface area contributed by atoms with Gasteiger partial charge >= 0.3 is 30.0 Å². The normalized spacial score (nSPS) is 13.2. The Hall–Kier alpha value is -1.55. The van der Waals surface area contributed by atoms with Crippen LogP contribution in [0, 0.1) is 5.92 Å². The Balaban J connectivity index is 4.38. The zero-order chi connectivity index (χ0) is 17.8. The number of hydrogen-bond acceptors (Lipinski definition) is 4. The SMILES string of the molecule is CC(C)C(=O)OCCC(=O)OCC(F)(F)C(F)(F)C(F)(F)F. The van der Waals surface area contributed by atoms with Crippen LogP contribution >= 0.6 is 0 Å². The first-order valence-electron chi connectivity index (χ1n) is 5.87. The fraction of sp³-hybridized carbons (Fsp3) is 0.818. The third-order valence-electron chi connectivity index (χ3n) is 2.25. The molecule has 0 radical (unpaired) electrons. The maximum absolute atomic E-state index is 12.8. The van der Waals surface area contributed by atoms with Gasteiger partial charge in [0, 0.05) is 0 Å². The molecule has 0 rings (SSSR count). The van der Waals surface area contributed by atoms with Crippen molar-refractivity contribution in [2.24, 2.45) is 5.92 Å². The van der Waals surface area contributed by atoms with Crippen molar-refractivity contribution < 1.29 is 49.8 Å².